The van der Waals surface area contributed by atoms with Crippen LogP contribution < -0.4 is 10.6 Å². The van der Waals surface area contributed by atoms with Gasteiger partial charge in [0, 0.05) is 24.8 Å². The van der Waals surface area contributed by atoms with Gasteiger partial charge < -0.3 is 20.5 Å². The Morgan fingerprint density at radius 1 is 0.970 bits per heavy atom. The molecule has 2 unspecified atom stereocenters. The van der Waals surface area contributed by atoms with Gasteiger partial charge in [-0.1, -0.05) is 60.7 Å². The molecular weight excluding hydrogens is 414 g/mol. The molecule has 0 saturated heterocycles. The van der Waals surface area contributed by atoms with E-state index in [2.05, 4.69) is 15.6 Å². The Kier molecular flexibility index (Phi) is 8.58. The molecule has 0 radical (unpaired) electrons. The highest BCUT2D eigenvalue weighted by molar-refractivity contribution is 5.68. The first-order chi connectivity index (χ1) is 15.8. The Hall–Kier alpha value is -3.22. The summed E-state index contributed by atoms with van der Waals surface area (Å²) in [6.45, 7) is 6.38. The van der Waals surface area contributed by atoms with Crippen molar-refractivity contribution >= 4 is 6.09 Å². The third kappa shape index (κ3) is 8.33. The predicted molar refractivity (Wildman–Crippen MR) is 131 cm³/mol. The summed E-state index contributed by atoms with van der Waals surface area (Å²) < 4.78 is 5.39. The summed E-state index contributed by atoms with van der Waals surface area (Å²) in [6.07, 6.45) is 0.962. The zero-order chi connectivity index (χ0) is 23.7. The van der Waals surface area contributed by atoms with Crippen LogP contribution in [0.1, 0.15) is 31.9 Å². The maximum atomic E-state index is 12.3. The normalized spacial score (nSPS) is 13.2. The van der Waals surface area contributed by atoms with E-state index in [1.807, 2.05) is 93.6 Å². The molecule has 0 fully saturated rings. The van der Waals surface area contributed by atoms with Crippen LogP contribution in [0, 0.1) is 0 Å². The van der Waals surface area contributed by atoms with Crippen LogP contribution in [0.5, 0.6) is 0 Å². The molecule has 1 aromatic heterocycles. The molecule has 2 atom stereocenters. The Morgan fingerprint density at radius 2 is 1.67 bits per heavy atom. The highest BCUT2D eigenvalue weighted by Gasteiger charge is 2.24. The fraction of sp³-hybridized carbons (Fsp3) is 0.333. The summed E-state index contributed by atoms with van der Waals surface area (Å²) in [6, 6.07) is 23.3. The largest absolute Gasteiger partial charge is 0.444 e. The summed E-state index contributed by atoms with van der Waals surface area (Å²) in [7, 11) is 0. The van der Waals surface area contributed by atoms with Crippen LogP contribution in [0.3, 0.4) is 0 Å². The van der Waals surface area contributed by atoms with E-state index in [9.17, 15) is 9.90 Å². The van der Waals surface area contributed by atoms with E-state index >= 15 is 0 Å². The number of carbonyl (C=O) groups excluding carboxylic acids is 1. The number of alkyl carbamates (subject to hydrolysis) is 1. The summed E-state index contributed by atoms with van der Waals surface area (Å²) in [5.74, 6) is 0. The van der Waals surface area contributed by atoms with Gasteiger partial charge in [-0.05, 0) is 50.5 Å². The number of carbonyl (C=O) groups is 1. The first-order valence-electron chi connectivity index (χ1n) is 11.2. The number of benzene rings is 2. The van der Waals surface area contributed by atoms with Crippen LogP contribution in [-0.2, 0) is 17.7 Å². The average molecular weight is 448 g/mol. The molecular formula is C27H33N3O3. The summed E-state index contributed by atoms with van der Waals surface area (Å²) in [5, 5.41) is 17.0. The van der Waals surface area contributed by atoms with Gasteiger partial charge in [-0.25, -0.2) is 4.79 Å². The first-order valence-corrected chi connectivity index (χ1v) is 11.2. The molecule has 0 saturated carbocycles. The molecule has 0 aliphatic heterocycles. The molecule has 174 valence electrons. The predicted octanol–water partition coefficient (Wildman–Crippen LogP) is 4.34. The van der Waals surface area contributed by atoms with Gasteiger partial charge in [-0.15, -0.1) is 0 Å². The van der Waals surface area contributed by atoms with Crippen LogP contribution in [0.2, 0.25) is 0 Å². The SMILES string of the molecule is CC(C)(C)OC(=O)NC(Cc1ccccc1)C(O)CNCc1ccc(-c2ccccn2)cc1. The van der Waals surface area contributed by atoms with Crippen LogP contribution >= 0.6 is 0 Å². The first kappa shape index (κ1) is 24.4. The van der Waals surface area contributed by atoms with Crippen LogP contribution in [0.15, 0.2) is 79.0 Å². The topological polar surface area (TPSA) is 83.5 Å². The zero-order valence-electron chi connectivity index (χ0n) is 19.5. The van der Waals surface area contributed by atoms with Crippen LogP contribution in [-0.4, -0.2) is 40.5 Å². The van der Waals surface area contributed by atoms with Crippen molar-refractivity contribution in [2.24, 2.45) is 0 Å². The van der Waals surface area contributed by atoms with Gasteiger partial charge >= 0.3 is 6.09 Å². The number of aliphatic hydroxyl groups excluding tert-OH is 1. The number of aromatic nitrogens is 1. The van der Waals surface area contributed by atoms with Gasteiger partial charge in [0.05, 0.1) is 17.8 Å². The van der Waals surface area contributed by atoms with Gasteiger partial charge in [0.2, 0.25) is 0 Å². The summed E-state index contributed by atoms with van der Waals surface area (Å²) in [4.78, 5) is 16.7. The molecule has 2 aromatic carbocycles. The van der Waals surface area contributed by atoms with Crippen LogP contribution in [0.4, 0.5) is 4.79 Å². The van der Waals surface area contributed by atoms with E-state index in [1.54, 1.807) is 6.20 Å². The van der Waals surface area contributed by atoms with Crippen molar-refractivity contribution < 1.29 is 14.6 Å². The number of ether oxygens (including phenoxy) is 1. The maximum Gasteiger partial charge on any atom is 0.407 e. The Labute approximate surface area is 196 Å². The van der Waals surface area contributed by atoms with Gasteiger partial charge in [-0.2, -0.15) is 0 Å². The van der Waals surface area contributed by atoms with Crippen molar-refractivity contribution in [3.63, 3.8) is 0 Å². The lowest BCUT2D eigenvalue weighted by molar-refractivity contribution is 0.0422. The third-order valence-corrected chi connectivity index (χ3v) is 5.06. The van der Waals surface area contributed by atoms with E-state index in [0.717, 1.165) is 22.4 Å². The minimum atomic E-state index is -0.787. The fourth-order valence-electron chi connectivity index (χ4n) is 3.44. The molecule has 1 heterocycles. The second kappa shape index (κ2) is 11.6. The molecule has 0 aliphatic rings. The minimum absolute atomic E-state index is 0.329. The van der Waals surface area contributed by atoms with E-state index in [4.69, 9.17) is 4.74 Å². The number of nitrogens with zero attached hydrogens (tertiary/aromatic N) is 1. The van der Waals surface area contributed by atoms with Crippen LogP contribution in [0.25, 0.3) is 11.3 Å². The van der Waals surface area contributed by atoms with Gasteiger partial charge in [-0.3, -0.25) is 4.98 Å². The summed E-state index contributed by atoms with van der Waals surface area (Å²) >= 11 is 0. The molecule has 6 heteroatoms. The number of pyridine rings is 1. The van der Waals surface area contributed by atoms with Crippen molar-refractivity contribution in [2.45, 2.75) is 51.5 Å². The highest BCUT2D eigenvalue weighted by atomic mass is 16.6. The lowest BCUT2D eigenvalue weighted by Gasteiger charge is -2.27. The fourth-order valence-corrected chi connectivity index (χ4v) is 3.44. The standard InChI is InChI=1S/C27H33N3O3/c1-27(2,3)33-26(32)30-24(17-20-9-5-4-6-10-20)25(31)19-28-18-21-12-14-22(15-13-21)23-11-7-8-16-29-23/h4-16,24-25,28,31H,17-19H2,1-3H3,(H,30,32). The number of hydrogen-bond donors (Lipinski definition) is 3. The smallest absolute Gasteiger partial charge is 0.407 e. The highest BCUT2D eigenvalue weighted by Crippen LogP contribution is 2.17. The lowest BCUT2D eigenvalue weighted by Crippen LogP contribution is -2.49. The van der Waals surface area contributed by atoms with E-state index in [1.165, 1.54) is 0 Å². The number of hydrogen-bond acceptors (Lipinski definition) is 5. The Balaban J connectivity index is 1.56. The van der Waals surface area contributed by atoms with Crippen molar-refractivity contribution in [3.05, 3.63) is 90.1 Å². The van der Waals surface area contributed by atoms with Crippen molar-refractivity contribution in [1.29, 1.82) is 0 Å². The van der Waals surface area contributed by atoms with Crippen molar-refractivity contribution in [1.82, 2.24) is 15.6 Å². The second-order valence-electron chi connectivity index (χ2n) is 9.05. The third-order valence-electron chi connectivity index (χ3n) is 5.06. The molecule has 3 aromatic rings. The average Bonchev–Trinajstić information content (AvgIpc) is 2.79. The second-order valence-corrected chi connectivity index (χ2v) is 9.05. The number of amides is 1. The maximum absolute atomic E-state index is 12.3. The van der Waals surface area contributed by atoms with E-state index in [-0.39, 0.29) is 0 Å². The Morgan fingerprint density at radius 3 is 2.30 bits per heavy atom. The molecule has 0 bridgehead atoms. The molecule has 3 N–H and O–H groups in total. The molecule has 0 aliphatic carbocycles. The van der Waals surface area contributed by atoms with E-state index < -0.39 is 23.8 Å². The lowest BCUT2D eigenvalue weighted by atomic mass is 10.0. The molecule has 6 nitrogen and oxygen atoms in total. The van der Waals surface area contributed by atoms with Crippen molar-refractivity contribution in [2.75, 3.05) is 6.54 Å². The molecule has 1 amide bonds. The van der Waals surface area contributed by atoms with Gasteiger partial charge in [0.25, 0.3) is 0 Å². The van der Waals surface area contributed by atoms with Crippen molar-refractivity contribution in [3.8, 4) is 11.3 Å². The summed E-state index contributed by atoms with van der Waals surface area (Å²) in [5.41, 5.74) is 3.52. The van der Waals surface area contributed by atoms with E-state index in [0.29, 0.717) is 19.5 Å². The zero-order valence-corrected chi connectivity index (χ0v) is 19.5. The minimum Gasteiger partial charge on any atom is -0.444 e. The molecule has 33 heavy (non-hydrogen) atoms. The number of aliphatic hydroxyl groups is 1. The molecule has 0 spiro atoms. The number of nitrogens with one attached hydrogen (secondary N) is 2. The monoisotopic (exact) mass is 447 g/mol. The van der Waals surface area contributed by atoms with Gasteiger partial charge in [0.1, 0.15) is 5.60 Å². The molecule has 3 rings (SSSR count). The Bertz CT molecular complexity index is 987. The number of rotatable bonds is 9. The quantitative estimate of drug-likeness (QED) is 0.455. The van der Waals surface area contributed by atoms with Gasteiger partial charge in [0.15, 0.2) is 0 Å².